The number of nitrogens with two attached hydrogens (primary N) is 1. The molecule has 4 aromatic rings. The number of carbonyl (C=O) groups is 2. The summed E-state index contributed by atoms with van der Waals surface area (Å²) in [7, 11) is 0. The Morgan fingerprint density at radius 3 is 2.55 bits per heavy atom. The van der Waals surface area contributed by atoms with Gasteiger partial charge in [-0.25, -0.2) is 4.98 Å². The lowest BCUT2D eigenvalue weighted by atomic mass is 10.1. The first-order valence-electron chi connectivity index (χ1n) is 8.92. The number of fused-ring (bicyclic) bond motifs is 1. The summed E-state index contributed by atoms with van der Waals surface area (Å²) in [6.45, 7) is 1.08. The number of carbonyl (C=O) groups excluding carboxylic acids is 1. The lowest BCUT2D eigenvalue weighted by molar-refractivity contribution is -0.134. The van der Waals surface area contributed by atoms with Crippen molar-refractivity contribution >= 4 is 57.5 Å². The van der Waals surface area contributed by atoms with Crippen molar-refractivity contribution < 1.29 is 14.7 Å². The van der Waals surface area contributed by atoms with Crippen LogP contribution in [0, 0.1) is 0 Å². The maximum absolute atomic E-state index is 12.5. The zero-order valence-corrected chi connectivity index (χ0v) is 17.0. The molecule has 0 unspecified atom stereocenters. The largest absolute Gasteiger partial charge is 0.481 e. The Morgan fingerprint density at radius 1 is 1.16 bits per heavy atom. The van der Waals surface area contributed by atoms with Crippen LogP contribution in [0.25, 0.3) is 10.9 Å². The Morgan fingerprint density at radius 2 is 1.87 bits per heavy atom. The van der Waals surface area contributed by atoms with Gasteiger partial charge in [-0.2, -0.15) is 10.1 Å². The van der Waals surface area contributed by atoms with Gasteiger partial charge in [0.05, 0.1) is 5.69 Å². The molecule has 10 nitrogen and oxygen atoms in total. The van der Waals surface area contributed by atoms with Gasteiger partial charge in [0, 0.05) is 29.8 Å². The number of halogens is 1. The molecule has 1 amide bonds. The van der Waals surface area contributed by atoms with Crippen molar-refractivity contribution in [3.8, 4) is 0 Å². The highest BCUT2D eigenvalue weighted by Gasteiger charge is 2.14. The fraction of sp³-hybridized carbons (Fsp3) is 0.0500. The molecule has 0 fully saturated rings. The molecule has 0 aliphatic rings. The Kier molecular flexibility index (Phi) is 6.63. The highest BCUT2D eigenvalue weighted by Crippen LogP contribution is 2.32. The van der Waals surface area contributed by atoms with Crippen LogP contribution in [0.15, 0.2) is 54.7 Å². The molecule has 2 aromatic carbocycles. The van der Waals surface area contributed by atoms with E-state index in [1.54, 1.807) is 48.7 Å². The molecule has 0 saturated carbocycles. The molecule has 4 rings (SSSR count). The number of amides is 1. The van der Waals surface area contributed by atoms with Gasteiger partial charge in [-0.05, 0) is 30.3 Å². The Balaban J connectivity index is 0.000000628. The van der Waals surface area contributed by atoms with Crippen LogP contribution in [0.2, 0.25) is 5.15 Å². The van der Waals surface area contributed by atoms with Gasteiger partial charge >= 0.3 is 0 Å². The van der Waals surface area contributed by atoms with E-state index in [1.165, 1.54) is 0 Å². The Hall–Kier alpha value is -4.18. The van der Waals surface area contributed by atoms with Crippen LogP contribution in [-0.2, 0) is 4.79 Å². The van der Waals surface area contributed by atoms with E-state index in [9.17, 15) is 4.79 Å². The number of nitrogen functional groups attached to an aromatic ring is 1. The van der Waals surface area contributed by atoms with E-state index in [0.717, 1.165) is 6.92 Å². The third-order valence-electron chi connectivity index (χ3n) is 3.84. The van der Waals surface area contributed by atoms with Gasteiger partial charge in [0.2, 0.25) is 5.95 Å². The SMILES string of the molecule is CC(=O)O.Nc1nccc(Nc2cc(NC(=O)c3ccccc3)c3n[nH]c(Cl)c3c2)n1. The predicted octanol–water partition coefficient (Wildman–Crippen LogP) is 3.68. The summed E-state index contributed by atoms with van der Waals surface area (Å²) >= 11 is 6.19. The summed E-state index contributed by atoms with van der Waals surface area (Å²) in [5.74, 6) is -0.415. The second-order valence-corrected chi connectivity index (χ2v) is 6.60. The number of anilines is 4. The van der Waals surface area contributed by atoms with Crippen LogP contribution in [-0.4, -0.2) is 37.1 Å². The third-order valence-corrected chi connectivity index (χ3v) is 4.13. The lowest BCUT2D eigenvalue weighted by Gasteiger charge is -2.11. The van der Waals surface area contributed by atoms with E-state index < -0.39 is 5.97 Å². The summed E-state index contributed by atoms with van der Waals surface area (Å²) in [6, 6.07) is 14.1. The van der Waals surface area contributed by atoms with E-state index >= 15 is 0 Å². The topological polar surface area (TPSA) is 159 Å². The number of carboxylic acid groups (broad SMARTS) is 1. The molecular weight excluding hydrogens is 422 g/mol. The fourth-order valence-electron chi connectivity index (χ4n) is 2.63. The number of aromatic amines is 1. The van der Waals surface area contributed by atoms with Gasteiger partial charge < -0.3 is 21.5 Å². The molecule has 6 N–H and O–H groups in total. The van der Waals surface area contributed by atoms with E-state index in [-0.39, 0.29) is 11.9 Å². The second kappa shape index (κ2) is 9.55. The standard InChI is InChI=1S/C18H14ClN7O.C2H4O2/c19-16-12-8-11(22-14-6-7-21-18(20)24-14)9-13(15(12)25-26-16)23-17(27)10-4-2-1-3-5-10;1-2(3)4/h1-9H,(H,23,27)(H,25,26)(H3,20,21,22,24);1H3,(H,3,4). The summed E-state index contributed by atoms with van der Waals surface area (Å²) in [6.07, 6.45) is 1.55. The van der Waals surface area contributed by atoms with E-state index in [0.29, 0.717) is 38.8 Å². The van der Waals surface area contributed by atoms with Crippen LogP contribution >= 0.6 is 11.6 Å². The molecule has 0 atom stereocenters. The summed E-state index contributed by atoms with van der Waals surface area (Å²) in [4.78, 5) is 29.5. The van der Waals surface area contributed by atoms with E-state index in [4.69, 9.17) is 27.2 Å². The summed E-state index contributed by atoms with van der Waals surface area (Å²) in [5.41, 5.74) is 7.87. The quantitative estimate of drug-likeness (QED) is 0.322. The minimum atomic E-state index is -0.833. The molecule has 0 aliphatic carbocycles. The smallest absolute Gasteiger partial charge is 0.300 e. The van der Waals surface area contributed by atoms with Crippen molar-refractivity contribution in [1.29, 1.82) is 0 Å². The van der Waals surface area contributed by atoms with Gasteiger partial charge in [0.25, 0.3) is 11.9 Å². The molecule has 0 aliphatic heterocycles. The van der Waals surface area contributed by atoms with Gasteiger partial charge in [-0.15, -0.1) is 0 Å². The van der Waals surface area contributed by atoms with Crippen molar-refractivity contribution in [3.63, 3.8) is 0 Å². The average Bonchev–Trinajstić information content (AvgIpc) is 3.09. The zero-order chi connectivity index (χ0) is 22.4. The van der Waals surface area contributed by atoms with E-state index in [1.807, 2.05) is 6.07 Å². The highest BCUT2D eigenvalue weighted by molar-refractivity contribution is 6.35. The molecule has 0 spiro atoms. The number of rotatable bonds is 4. The van der Waals surface area contributed by atoms with Gasteiger partial charge in [-0.3, -0.25) is 14.7 Å². The monoisotopic (exact) mass is 439 g/mol. The van der Waals surface area contributed by atoms with Crippen molar-refractivity contribution in [3.05, 3.63) is 65.4 Å². The molecule has 0 saturated heterocycles. The Bertz CT molecular complexity index is 1220. The van der Waals surface area contributed by atoms with Crippen LogP contribution in [0.3, 0.4) is 0 Å². The first-order valence-corrected chi connectivity index (χ1v) is 9.30. The molecule has 11 heteroatoms. The highest BCUT2D eigenvalue weighted by atomic mass is 35.5. The average molecular weight is 440 g/mol. The molecule has 31 heavy (non-hydrogen) atoms. The van der Waals surface area contributed by atoms with Crippen molar-refractivity contribution in [2.24, 2.45) is 0 Å². The number of hydrogen-bond donors (Lipinski definition) is 5. The number of nitrogens with one attached hydrogen (secondary N) is 3. The van der Waals surface area contributed by atoms with Crippen LogP contribution in [0.4, 0.5) is 23.1 Å². The Labute approximate surface area is 181 Å². The second-order valence-electron chi connectivity index (χ2n) is 6.22. The van der Waals surface area contributed by atoms with Crippen LogP contribution < -0.4 is 16.4 Å². The first-order chi connectivity index (χ1) is 14.8. The zero-order valence-electron chi connectivity index (χ0n) is 16.3. The fourth-order valence-corrected chi connectivity index (χ4v) is 2.82. The van der Waals surface area contributed by atoms with Crippen LogP contribution in [0.1, 0.15) is 17.3 Å². The maximum Gasteiger partial charge on any atom is 0.300 e. The van der Waals surface area contributed by atoms with E-state index in [2.05, 4.69) is 30.8 Å². The predicted molar refractivity (Wildman–Crippen MR) is 119 cm³/mol. The number of aliphatic carboxylic acids is 1. The van der Waals surface area contributed by atoms with Gasteiger partial charge in [-0.1, -0.05) is 29.8 Å². The normalized spacial score (nSPS) is 10.1. The molecule has 158 valence electrons. The number of benzene rings is 2. The molecule has 2 aromatic heterocycles. The van der Waals surface area contributed by atoms with Crippen molar-refractivity contribution in [1.82, 2.24) is 20.2 Å². The van der Waals surface area contributed by atoms with Crippen LogP contribution in [0.5, 0.6) is 0 Å². The molecule has 0 bridgehead atoms. The number of H-pyrrole nitrogens is 1. The number of carboxylic acids is 1. The summed E-state index contributed by atoms with van der Waals surface area (Å²) < 4.78 is 0. The van der Waals surface area contributed by atoms with Crippen molar-refractivity contribution in [2.75, 3.05) is 16.4 Å². The number of aromatic nitrogens is 4. The summed E-state index contributed by atoms with van der Waals surface area (Å²) in [5, 5.41) is 21.3. The molecular formula is C20H18ClN7O3. The van der Waals surface area contributed by atoms with Gasteiger partial charge in [0.1, 0.15) is 16.5 Å². The number of nitrogens with zero attached hydrogens (tertiary/aromatic N) is 3. The minimum Gasteiger partial charge on any atom is -0.481 e. The third kappa shape index (κ3) is 5.67. The molecule has 2 heterocycles. The minimum absolute atomic E-state index is 0.153. The maximum atomic E-state index is 12.5. The lowest BCUT2D eigenvalue weighted by Crippen LogP contribution is -2.12. The number of hydrogen-bond acceptors (Lipinski definition) is 7. The van der Waals surface area contributed by atoms with Gasteiger partial charge in [0.15, 0.2) is 0 Å². The van der Waals surface area contributed by atoms with Crippen molar-refractivity contribution in [2.45, 2.75) is 6.92 Å². The first kappa shape index (κ1) is 21.5. The molecule has 0 radical (unpaired) electrons.